The molecule has 0 saturated heterocycles. The number of hydrogen-bond acceptors (Lipinski definition) is 1. The van der Waals surface area contributed by atoms with Gasteiger partial charge in [-0.25, -0.2) is 0 Å². The molecule has 0 atom stereocenters. The molecule has 1 nitrogen and oxygen atoms in total. The molecule has 0 fully saturated rings. The lowest BCUT2D eigenvalue weighted by Gasteiger charge is -2.01. The largest absolute Gasteiger partial charge is 0.490 e. The van der Waals surface area contributed by atoms with Crippen LogP contribution in [0, 0.1) is 6.07 Å². The van der Waals surface area contributed by atoms with E-state index in [1.54, 1.807) is 0 Å². The van der Waals surface area contributed by atoms with Crippen LogP contribution in [0.2, 0.25) is 0 Å². The van der Waals surface area contributed by atoms with E-state index in [4.69, 9.17) is 4.74 Å². The molecule has 2 aromatic carbocycles. The minimum atomic E-state index is 0.582. The van der Waals surface area contributed by atoms with Crippen molar-refractivity contribution in [3.63, 3.8) is 0 Å². The maximum Gasteiger partial charge on any atom is 0.119 e. The summed E-state index contributed by atoms with van der Waals surface area (Å²) in [6.07, 6.45) is 4.06. The highest BCUT2D eigenvalue weighted by atomic mass is 16.5. The number of hydrogen-bond donors (Lipinski definition) is 0. The van der Waals surface area contributed by atoms with Gasteiger partial charge in [0.2, 0.25) is 0 Å². The highest BCUT2D eigenvalue weighted by molar-refractivity contribution is 5.48. The molecule has 1 heteroatoms. The van der Waals surface area contributed by atoms with E-state index < -0.39 is 0 Å². The van der Waals surface area contributed by atoms with Gasteiger partial charge in [-0.2, -0.15) is 0 Å². The first-order valence-corrected chi connectivity index (χ1v) is 5.26. The van der Waals surface area contributed by atoms with E-state index >= 15 is 0 Å². The van der Waals surface area contributed by atoms with Gasteiger partial charge in [0.15, 0.2) is 0 Å². The fourth-order valence-corrected chi connectivity index (χ4v) is 1.36. The zero-order valence-electron chi connectivity index (χ0n) is 8.97. The van der Waals surface area contributed by atoms with Crippen LogP contribution in [0.25, 0.3) is 6.08 Å². The summed E-state index contributed by atoms with van der Waals surface area (Å²) in [6.45, 7) is 0.582. The second-order valence-corrected chi connectivity index (χ2v) is 3.36. The number of ether oxygens (including phenoxy) is 1. The minimum Gasteiger partial charge on any atom is -0.490 e. The van der Waals surface area contributed by atoms with E-state index in [2.05, 4.69) is 24.3 Å². The molecule has 79 valence electrons. The maximum atomic E-state index is 5.52. The van der Waals surface area contributed by atoms with Gasteiger partial charge in [0, 0.05) is 0 Å². The third kappa shape index (κ3) is 3.28. The third-order valence-corrected chi connectivity index (χ3v) is 2.14. The highest BCUT2D eigenvalue weighted by Crippen LogP contribution is 2.08. The zero-order chi connectivity index (χ0) is 11.1. The van der Waals surface area contributed by atoms with Crippen LogP contribution < -0.4 is 4.74 Å². The SMILES string of the molecule is [c]1ccc(OC/C=C/c2ccccc2)cc1. The molecule has 0 aliphatic carbocycles. The highest BCUT2D eigenvalue weighted by Gasteiger charge is 1.87. The van der Waals surface area contributed by atoms with Crippen molar-refractivity contribution < 1.29 is 4.74 Å². The van der Waals surface area contributed by atoms with Crippen LogP contribution in [0.4, 0.5) is 0 Å². The molecule has 0 heterocycles. The van der Waals surface area contributed by atoms with Crippen LogP contribution in [0.15, 0.2) is 60.7 Å². The van der Waals surface area contributed by atoms with Gasteiger partial charge in [-0.3, -0.25) is 0 Å². The van der Waals surface area contributed by atoms with E-state index in [0.29, 0.717) is 6.61 Å². The van der Waals surface area contributed by atoms with Crippen LogP contribution in [-0.4, -0.2) is 6.61 Å². The Morgan fingerprint density at radius 1 is 1.00 bits per heavy atom. The molecular weight excluding hydrogens is 196 g/mol. The average molecular weight is 209 g/mol. The molecule has 16 heavy (non-hydrogen) atoms. The van der Waals surface area contributed by atoms with Gasteiger partial charge in [0.05, 0.1) is 0 Å². The second-order valence-electron chi connectivity index (χ2n) is 3.36. The summed E-state index contributed by atoms with van der Waals surface area (Å²) in [5.74, 6) is 0.872. The predicted molar refractivity (Wildman–Crippen MR) is 66.2 cm³/mol. The first-order valence-electron chi connectivity index (χ1n) is 5.26. The Hall–Kier alpha value is -2.02. The molecule has 0 aliphatic rings. The predicted octanol–water partition coefficient (Wildman–Crippen LogP) is 3.58. The van der Waals surface area contributed by atoms with Crippen LogP contribution in [0.3, 0.4) is 0 Å². The van der Waals surface area contributed by atoms with Crippen LogP contribution in [0.5, 0.6) is 5.75 Å². The molecule has 0 N–H and O–H groups in total. The molecule has 2 aromatic rings. The standard InChI is InChI=1S/C15H13O/c1-3-8-14(9-4-1)10-7-13-16-15-11-5-2-6-12-15/h1,3-12H,13H2/b10-7+. The van der Waals surface area contributed by atoms with Gasteiger partial charge in [-0.05, 0) is 29.8 Å². The molecule has 2 rings (SSSR count). The number of benzene rings is 2. The maximum absolute atomic E-state index is 5.52. The van der Waals surface area contributed by atoms with Crippen molar-refractivity contribution in [2.24, 2.45) is 0 Å². The summed E-state index contributed by atoms with van der Waals surface area (Å²) in [6, 6.07) is 20.6. The van der Waals surface area contributed by atoms with Gasteiger partial charge in [0.1, 0.15) is 12.4 Å². The van der Waals surface area contributed by atoms with Gasteiger partial charge in [0.25, 0.3) is 0 Å². The van der Waals surface area contributed by atoms with E-state index in [1.807, 2.05) is 48.5 Å². The zero-order valence-corrected chi connectivity index (χ0v) is 8.97. The molecule has 0 spiro atoms. The Morgan fingerprint density at radius 3 is 2.50 bits per heavy atom. The second kappa shape index (κ2) is 5.76. The first-order chi connectivity index (χ1) is 7.95. The lowest BCUT2D eigenvalue weighted by molar-refractivity contribution is 0.363. The Kier molecular flexibility index (Phi) is 3.78. The number of rotatable bonds is 4. The molecule has 1 radical (unpaired) electrons. The van der Waals surface area contributed by atoms with Crippen LogP contribution >= 0.6 is 0 Å². The molecule has 0 bridgehead atoms. The average Bonchev–Trinajstić information content (AvgIpc) is 2.37. The molecule has 0 amide bonds. The fourth-order valence-electron chi connectivity index (χ4n) is 1.36. The summed E-state index contributed by atoms with van der Waals surface area (Å²) in [7, 11) is 0. The summed E-state index contributed by atoms with van der Waals surface area (Å²) in [5.41, 5.74) is 1.19. The normalized spacial score (nSPS) is 10.5. The van der Waals surface area contributed by atoms with Crippen molar-refractivity contribution in [1.29, 1.82) is 0 Å². The Labute approximate surface area is 96.0 Å². The van der Waals surface area contributed by atoms with Crippen LogP contribution in [-0.2, 0) is 0 Å². The van der Waals surface area contributed by atoms with E-state index in [-0.39, 0.29) is 0 Å². The molecular formula is C15H13O. The van der Waals surface area contributed by atoms with Crippen molar-refractivity contribution >= 4 is 6.08 Å². The van der Waals surface area contributed by atoms with Crippen molar-refractivity contribution in [2.75, 3.05) is 6.61 Å². The molecule has 0 saturated carbocycles. The molecule has 0 aliphatic heterocycles. The van der Waals surface area contributed by atoms with Gasteiger partial charge < -0.3 is 4.74 Å². The van der Waals surface area contributed by atoms with Crippen molar-refractivity contribution in [3.8, 4) is 5.75 Å². The first kappa shape index (κ1) is 10.5. The lowest BCUT2D eigenvalue weighted by atomic mass is 10.2. The molecule has 0 unspecified atom stereocenters. The Bertz CT molecular complexity index is 432. The van der Waals surface area contributed by atoms with Crippen molar-refractivity contribution in [2.45, 2.75) is 0 Å². The monoisotopic (exact) mass is 209 g/mol. The lowest BCUT2D eigenvalue weighted by Crippen LogP contribution is -1.92. The Morgan fingerprint density at radius 2 is 1.75 bits per heavy atom. The summed E-state index contributed by atoms with van der Waals surface area (Å²) < 4.78 is 5.52. The summed E-state index contributed by atoms with van der Waals surface area (Å²) >= 11 is 0. The summed E-state index contributed by atoms with van der Waals surface area (Å²) in [4.78, 5) is 0. The van der Waals surface area contributed by atoms with Crippen molar-refractivity contribution in [1.82, 2.24) is 0 Å². The minimum absolute atomic E-state index is 0.582. The molecule has 0 aromatic heterocycles. The smallest absolute Gasteiger partial charge is 0.119 e. The quantitative estimate of drug-likeness (QED) is 0.747. The van der Waals surface area contributed by atoms with Crippen LogP contribution in [0.1, 0.15) is 5.56 Å². The van der Waals surface area contributed by atoms with Gasteiger partial charge in [-0.15, -0.1) is 0 Å². The fraction of sp³-hybridized carbons (Fsp3) is 0.0667. The van der Waals surface area contributed by atoms with Gasteiger partial charge >= 0.3 is 0 Å². The third-order valence-electron chi connectivity index (χ3n) is 2.14. The van der Waals surface area contributed by atoms with E-state index in [1.165, 1.54) is 5.56 Å². The topological polar surface area (TPSA) is 9.23 Å². The van der Waals surface area contributed by atoms with Crippen molar-refractivity contribution in [3.05, 3.63) is 72.3 Å². The van der Waals surface area contributed by atoms with E-state index in [0.717, 1.165) is 5.75 Å². The Balaban J connectivity index is 1.83. The summed E-state index contributed by atoms with van der Waals surface area (Å²) in [5, 5.41) is 0. The van der Waals surface area contributed by atoms with Gasteiger partial charge in [-0.1, -0.05) is 48.5 Å². The van der Waals surface area contributed by atoms with E-state index in [9.17, 15) is 0 Å².